The second-order valence-electron chi connectivity index (χ2n) is 4.73. The number of hydrogen-bond acceptors (Lipinski definition) is 3. The molecule has 1 amide bonds. The van der Waals surface area contributed by atoms with Crippen LogP contribution in [0.4, 0.5) is 5.69 Å². The standard InChI is InChI=1S/C13H13ClN2O2/c14-9-6-11-7(5-12(17)16-11)4-8(9)13(18)10-2-1-3-15-10/h4,6,10,15H,1-3,5H2,(H,16,17). The maximum absolute atomic E-state index is 12.3. The van der Waals surface area contributed by atoms with E-state index in [4.69, 9.17) is 11.6 Å². The summed E-state index contributed by atoms with van der Waals surface area (Å²) in [4.78, 5) is 23.6. The zero-order chi connectivity index (χ0) is 12.7. The third-order valence-electron chi connectivity index (χ3n) is 3.46. The third kappa shape index (κ3) is 1.91. The molecule has 5 heteroatoms. The van der Waals surface area contributed by atoms with Crippen molar-refractivity contribution in [3.63, 3.8) is 0 Å². The number of fused-ring (bicyclic) bond motifs is 1. The molecule has 1 saturated heterocycles. The van der Waals surface area contributed by atoms with Crippen molar-refractivity contribution in [2.75, 3.05) is 11.9 Å². The fourth-order valence-electron chi connectivity index (χ4n) is 2.53. The van der Waals surface area contributed by atoms with Crippen molar-refractivity contribution < 1.29 is 9.59 Å². The molecule has 0 aliphatic carbocycles. The van der Waals surface area contributed by atoms with Crippen molar-refractivity contribution in [3.05, 3.63) is 28.3 Å². The maximum atomic E-state index is 12.3. The first-order chi connectivity index (χ1) is 8.65. The highest BCUT2D eigenvalue weighted by atomic mass is 35.5. The molecule has 3 rings (SSSR count). The highest BCUT2D eigenvalue weighted by Crippen LogP contribution is 2.31. The average molecular weight is 265 g/mol. The van der Waals surface area contributed by atoms with E-state index in [-0.39, 0.29) is 17.7 Å². The van der Waals surface area contributed by atoms with Crippen LogP contribution in [0.5, 0.6) is 0 Å². The van der Waals surface area contributed by atoms with Crippen LogP contribution >= 0.6 is 11.6 Å². The van der Waals surface area contributed by atoms with Crippen LogP contribution in [0.1, 0.15) is 28.8 Å². The number of hydrogen-bond donors (Lipinski definition) is 2. The Morgan fingerprint density at radius 2 is 2.22 bits per heavy atom. The Morgan fingerprint density at radius 1 is 1.39 bits per heavy atom. The summed E-state index contributed by atoms with van der Waals surface area (Å²) < 4.78 is 0. The van der Waals surface area contributed by atoms with Crippen LogP contribution in [0.25, 0.3) is 0 Å². The summed E-state index contributed by atoms with van der Waals surface area (Å²) in [5.41, 5.74) is 2.10. The molecule has 1 fully saturated rings. The molecule has 1 aromatic carbocycles. The van der Waals surface area contributed by atoms with Crippen molar-refractivity contribution in [2.45, 2.75) is 25.3 Å². The van der Waals surface area contributed by atoms with Crippen LogP contribution in [0.2, 0.25) is 5.02 Å². The van der Waals surface area contributed by atoms with Crippen molar-refractivity contribution in [1.29, 1.82) is 0 Å². The Kier molecular flexibility index (Phi) is 2.84. The lowest BCUT2D eigenvalue weighted by Crippen LogP contribution is -2.31. The van der Waals surface area contributed by atoms with Gasteiger partial charge in [0, 0.05) is 11.3 Å². The number of benzene rings is 1. The zero-order valence-electron chi connectivity index (χ0n) is 9.75. The number of amides is 1. The highest BCUT2D eigenvalue weighted by Gasteiger charge is 2.27. The van der Waals surface area contributed by atoms with E-state index in [1.54, 1.807) is 12.1 Å². The van der Waals surface area contributed by atoms with E-state index < -0.39 is 0 Å². The maximum Gasteiger partial charge on any atom is 0.228 e. The lowest BCUT2D eigenvalue weighted by atomic mass is 9.99. The summed E-state index contributed by atoms with van der Waals surface area (Å²) >= 11 is 6.13. The van der Waals surface area contributed by atoms with E-state index in [0.29, 0.717) is 17.0 Å². The van der Waals surface area contributed by atoms with Crippen LogP contribution in [0.3, 0.4) is 0 Å². The molecule has 2 aliphatic heterocycles. The third-order valence-corrected chi connectivity index (χ3v) is 3.77. The second-order valence-corrected chi connectivity index (χ2v) is 5.13. The predicted octanol–water partition coefficient (Wildman–Crippen LogP) is 1.77. The molecular formula is C13H13ClN2O2. The van der Waals surface area contributed by atoms with Gasteiger partial charge in [0.15, 0.2) is 5.78 Å². The molecule has 1 atom stereocenters. The summed E-state index contributed by atoms with van der Waals surface area (Å²) in [6.45, 7) is 0.874. The van der Waals surface area contributed by atoms with Gasteiger partial charge in [0.1, 0.15) is 0 Å². The van der Waals surface area contributed by atoms with E-state index >= 15 is 0 Å². The smallest absolute Gasteiger partial charge is 0.228 e. The Hall–Kier alpha value is -1.39. The van der Waals surface area contributed by atoms with Gasteiger partial charge in [-0.1, -0.05) is 11.6 Å². The molecule has 0 spiro atoms. The van der Waals surface area contributed by atoms with Crippen LogP contribution in [-0.4, -0.2) is 24.3 Å². The number of anilines is 1. The Morgan fingerprint density at radius 3 is 2.94 bits per heavy atom. The van der Waals surface area contributed by atoms with Gasteiger partial charge in [-0.15, -0.1) is 0 Å². The van der Waals surface area contributed by atoms with E-state index in [0.717, 1.165) is 30.6 Å². The van der Waals surface area contributed by atoms with Gasteiger partial charge in [-0.05, 0) is 37.1 Å². The lowest BCUT2D eigenvalue weighted by Gasteiger charge is -2.11. The minimum atomic E-state index is -0.134. The first kappa shape index (κ1) is 11.7. The molecule has 0 bridgehead atoms. The Labute approximate surface area is 110 Å². The van der Waals surface area contributed by atoms with E-state index in [1.165, 1.54) is 0 Å². The molecule has 2 aliphatic rings. The SMILES string of the molecule is O=C1Cc2cc(C(=O)C3CCCN3)c(Cl)cc2N1. The van der Waals surface area contributed by atoms with Crippen molar-refractivity contribution >= 4 is 29.0 Å². The van der Waals surface area contributed by atoms with Gasteiger partial charge in [0.05, 0.1) is 17.5 Å². The summed E-state index contributed by atoms with van der Waals surface area (Å²) in [6.07, 6.45) is 2.19. The van der Waals surface area contributed by atoms with E-state index in [9.17, 15) is 9.59 Å². The van der Waals surface area contributed by atoms with Gasteiger partial charge in [0.25, 0.3) is 0 Å². The number of rotatable bonds is 2. The Balaban J connectivity index is 1.95. The zero-order valence-corrected chi connectivity index (χ0v) is 10.5. The summed E-state index contributed by atoms with van der Waals surface area (Å²) in [5.74, 6) is -0.0238. The normalized spacial score (nSPS) is 21.8. The van der Waals surface area contributed by atoms with Crippen molar-refractivity contribution in [2.24, 2.45) is 0 Å². The lowest BCUT2D eigenvalue weighted by molar-refractivity contribution is -0.115. The second kappa shape index (κ2) is 4.37. The number of nitrogens with one attached hydrogen (secondary N) is 2. The van der Waals surface area contributed by atoms with Gasteiger partial charge in [-0.3, -0.25) is 9.59 Å². The number of Topliss-reactive ketones (excluding diaryl/α,β-unsaturated/α-hetero) is 1. The summed E-state index contributed by atoms with van der Waals surface area (Å²) in [7, 11) is 0. The summed E-state index contributed by atoms with van der Waals surface area (Å²) in [5, 5.41) is 6.30. The molecule has 0 radical (unpaired) electrons. The van der Waals surface area contributed by atoms with E-state index in [1.807, 2.05) is 0 Å². The molecule has 0 aromatic heterocycles. The molecule has 1 aromatic rings. The monoisotopic (exact) mass is 264 g/mol. The number of halogens is 1. The molecule has 2 heterocycles. The number of carbonyl (C=O) groups excluding carboxylic acids is 2. The van der Waals surface area contributed by atoms with Crippen LogP contribution in [0.15, 0.2) is 12.1 Å². The van der Waals surface area contributed by atoms with Gasteiger partial charge < -0.3 is 10.6 Å². The molecule has 2 N–H and O–H groups in total. The number of ketones is 1. The summed E-state index contributed by atoms with van der Waals surface area (Å²) in [6, 6.07) is 3.28. The Bertz CT molecular complexity index is 536. The van der Waals surface area contributed by atoms with Crippen molar-refractivity contribution in [1.82, 2.24) is 5.32 Å². The topological polar surface area (TPSA) is 58.2 Å². The first-order valence-corrected chi connectivity index (χ1v) is 6.43. The van der Waals surface area contributed by atoms with E-state index in [2.05, 4.69) is 10.6 Å². The largest absolute Gasteiger partial charge is 0.325 e. The average Bonchev–Trinajstić information content (AvgIpc) is 2.94. The molecule has 94 valence electrons. The highest BCUT2D eigenvalue weighted by molar-refractivity contribution is 6.34. The molecule has 18 heavy (non-hydrogen) atoms. The quantitative estimate of drug-likeness (QED) is 0.801. The fourth-order valence-corrected chi connectivity index (χ4v) is 2.79. The minimum Gasteiger partial charge on any atom is -0.325 e. The first-order valence-electron chi connectivity index (χ1n) is 6.05. The van der Waals surface area contributed by atoms with Gasteiger partial charge in [-0.25, -0.2) is 0 Å². The fraction of sp³-hybridized carbons (Fsp3) is 0.385. The molecule has 4 nitrogen and oxygen atoms in total. The molecule has 0 saturated carbocycles. The minimum absolute atomic E-state index is 0.0275. The number of carbonyl (C=O) groups is 2. The predicted molar refractivity (Wildman–Crippen MR) is 69.1 cm³/mol. The van der Waals surface area contributed by atoms with Gasteiger partial charge >= 0.3 is 0 Å². The van der Waals surface area contributed by atoms with Crippen molar-refractivity contribution in [3.8, 4) is 0 Å². The van der Waals surface area contributed by atoms with Crippen LogP contribution in [-0.2, 0) is 11.2 Å². The van der Waals surface area contributed by atoms with Crippen LogP contribution < -0.4 is 10.6 Å². The van der Waals surface area contributed by atoms with Crippen LogP contribution in [0, 0.1) is 0 Å². The molecular weight excluding hydrogens is 252 g/mol. The van der Waals surface area contributed by atoms with Gasteiger partial charge in [-0.2, -0.15) is 0 Å². The molecule has 1 unspecified atom stereocenters. The van der Waals surface area contributed by atoms with Gasteiger partial charge in [0.2, 0.25) is 5.91 Å².